The molecule has 0 saturated carbocycles. The van der Waals surface area contributed by atoms with Gasteiger partial charge < -0.3 is 10.1 Å². The van der Waals surface area contributed by atoms with Gasteiger partial charge in [-0.3, -0.25) is 4.79 Å². The van der Waals surface area contributed by atoms with Gasteiger partial charge >= 0.3 is 5.97 Å². The zero-order valence-corrected chi connectivity index (χ0v) is 8.22. The van der Waals surface area contributed by atoms with Crippen molar-refractivity contribution in [2.75, 3.05) is 13.2 Å². The Kier molecular flexibility index (Phi) is 6.76. The molecular formula is C9H19NO2. The topological polar surface area (TPSA) is 38.3 Å². The van der Waals surface area contributed by atoms with E-state index in [-0.39, 0.29) is 12.0 Å². The molecule has 0 aromatic rings. The Hall–Kier alpha value is -0.570. The summed E-state index contributed by atoms with van der Waals surface area (Å²) in [6, 6.07) is -0.170. The normalized spacial score (nSPS) is 12.6. The van der Waals surface area contributed by atoms with Gasteiger partial charge in [0, 0.05) is 0 Å². The van der Waals surface area contributed by atoms with Crippen molar-refractivity contribution < 1.29 is 9.53 Å². The Labute approximate surface area is 74.5 Å². The number of nitrogens with one attached hydrogen (secondary N) is 1. The Morgan fingerprint density at radius 3 is 2.67 bits per heavy atom. The molecule has 0 heterocycles. The fourth-order valence-corrected chi connectivity index (χ4v) is 0.846. The summed E-state index contributed by atoms with van der Waals surface area (Å²) >= 11 is 0. The SMILES string of the molecule is CCCCN[C@@H](C)C(=O)OCC. The summed E-state index contributed by atoms with van der Waals surface area (Å²) < 4.78 is 4.83. The van der Waals surface area contributed by atoms with E-state index in [1.54, 1.807) is 0 Å². The summed E-state index contributed by atoms with van der Waals surface area (Å²) in [5.74, 6) is -0.159. The van der Waals surface area contributed by atoms with E-state index in [2.05, 4.69) is 12.2 Å². The fraction of sp³-hybridized carbons (Fsp3) is 0.889. The van der Waals surface area contributed by atoms with E-state index in [1.165, 1.54) is 0 Å². The molecule has 0 aliphatic carbocycles. The molecule has 0 radical (unpaired) electrons. The van der Waals surface area contributed by atoms with Crippen LogP contribution in [-0.2, 0) is 9.53 Å². The minimum Gasteiger partial charge on any atom is -0.465 e. The molecule has 1 N–H and O–H groups in total. The van der Waals surface area contributed by atoms with E-state index in [9.17, 15) is 4.79 Å². The van der Waals surface area contributed by atoms with Crippen molar-refractivity contribution in [3.63, 3.8) is 0 Å². The molecule has 12 heavy (non-hydrogen) atoms. The molecular weight excluding hydrogens is 154 g/mol. The molecule has 3 nitrogen and oxygen atoms in total. The van der Waals surface area contributed by atoms with Gasteiger partial charge in [-0.15, -0.1) is 0 Å². The molecule has 0 unspecified atom stereocenters. The van der Waals surface area contributed by atoms with Gasteiger partial charge in [0.15, 0.2) is 0 Å². The van der Waals surface area contributed by atoms with Crippen LogP contribution in [0.5, 0.6) is 0 Å². The van der Waals surface area contributed by atoms with E-state index >= 15 is 0 Å². The quantitative estimate of drug-likeness (QED) is 0.486. The Morgan fingerprint density at radius 1 is 1.50 bits per heavy atom. The van der Waals surface area contributed by atoms with Crippen molar-refractivity contribution in [2.45, 2.75) is 39.7 Å². The van der Waals surface area contributed by atoms with Crippen LogP contribution in [0.15, 0.2) is 0 Å². The van der Waals surface area contributed by atoms with Crippen LogP contribution in [0, 0.1) is 0 Å². The average Bonchev–Trinajstić information content (AvgIpc) is 2.05. The molecule has 3 heteroatoms. The third kappa shape index (κ3) is 5.13. The van der Waals surface area contributed by atoms with Crippen molar-refractivity contribution in [1.82, 2.24) is 5.32 Å². The highest BCUT2D eigenvalue weighted by Gasteiger charge is 2.11. The van der Waals surface area contributed by atoms with Crippen molar-refractivity contribution >= 4 is 5.97 Å². The van der Waals surface area contributed by atoms with Crippen molar-refractivity contribution in [2.24, 2.45) is 0 Å². The molecule has 72 valence electrons. The maximum Gasteiger partial charge on any atom is 0.322 e. The highest BCUT2D eigenvalue weighted by Crippen LogP contribution is 1.89. The average molecular weight is 173 g/mol. The lowest BCUT2D eigenvalue weighted by atomic mass is 10.3. The number of ether oxygens (including phenoxy) is 1. The van der Waals surface area contributed by atoms with Gasteiger partial charge in [0.25, 0.3) is 0 Å². The highest BCUT2D eigenvalue weighted by atomic mass is 16.5. The van der Waals surface area contributed by atoms with Crippen molar-refractivity contribution in [3.8, 4) is 0 Å². The summed E-state index contributed by atoms with van der Waals surface area (Å²) in [4.78, 5) is 11.1. The lowest BCUT2D eigenvalue weighted by Gasteiger charge is -2.11. The van der Waals surface area contributed by atoms with Gasteiger partial charge in [0.2, 0.25) is 0 Å². The third-order valence-electron chi connectivity index (χ3n) is 1.62. The Bertz CT molecular complexity index is 126. The van der Waals surface area contributed by atoms with Crippen LogP contribution in [0.1, 0.15) is 33.6 Å². The van der Waals surface area contributed by atoms with E-state index in [0.29, 0.717) is 6.61 Å². The number of rotatable bonds is 6. The molecule has 0 rings (SSSR count). The molecule has 0 bridgehead atoms. The molecule has 0 aromatic carbocycles. The first-order valence-electron chi connectivity index (χ1n) is 4.62. The van der Waals surface area contributed by atoms with Gasteiger partial charge in [-0.25, -0.2) is 0 Å². The van der Waals surface area contributed by atoms with Gasteiger partial charge in [-0.1, -0.05) is 13.3 Å². The van der Waals surface area contributed by atoms with Crippen LogP contribution < -0.4 is 5.32 Å². The first-order valence-corrected chi connectivity index (χ1v) is 4.62. The van der Waals surface area contributed by atoms with Crippen LogP contribution in [0.4, 0.5) is 0 Å². The van der Waals surface area contributed by atoms with Crippen LogP contribution in [0.2, 0.25) is 0 Å². The number of hydrogen-bond donors (Lipinski definition) is 1. The van der Waals surface area contributed by atoms with Crippen LogP contribution in [0.3, 0.4) is 0 Å². The van der Waals surface area contributed by atoms with Gasteiger partial charge in [0.1, 0.15) is 6.04 Å². The summed E-state index contributed by atoms with van der Waals surface area (Å²) in [6.45, 7) is 7.11. The zero-order valence-electron chi connectivity index (χ0n) is 8.22. The van der Waals surface area contributed by atoms with E-state index in [4.69, 9.17) is 4.74 Å². The molecule has 0 saturated heterocycles. The van der Waals surface area contributed by atoms with Crippen LogP contribution >= 0.6 is 0 Å². The minimum absolute atomic E-state index is 0.159. The summed E-state index contributed by atoms with van der Waals surface area (Å²) in [5.41, 5.74) is 0. The van der Waals surface area contributed by atoms with Gasteiger partial charge in [-0.2, -0.15) is 0 Å². The smallest absolute Gasteiger partial charge is 0.322 e. The minimum atomic E-state index is -0.170. The number of unbranched alkanes of at least 4 members (excludes halogenated alkanes) is 1. The second kappa shape index (κ2) is 7.10. The largest absolute Gasteiger partial charge is 0.465 e. The van der Waals surface area contributed by atoms with Gasteiger partial charge in [0.05, 0.1) is 6.61 Å². The summed E-state index contributed by atoms with van der Waals surface area (Å²) in [5, 5.41) is 3.09. The van der Waals surface area contributed by atoms with E-state index < -0.39 is 0 Å². The van der Waals surface area contributed by atoms with Crippen LogP contribution in [-0.4, -0.2) is 25.2 Å². The monoisotopic (exact) mass is 173 g/mol. The molecule has 0 aromatic heterocycles. The summed E-state index contributed by atoms with van der Waals surface area (Å²) in [7, 11) is 0. The highest BCUT2D eigenvalue weighted by molar-refractivity contribution is 5.75. The maximum absolute atomic E-state index is 11.1. The van der Waals surface area contributed by atoms with E-state index in [1.807, 2.05) is 13.8 Å². The lowest BCUT2D eigenvalue weighted by Crippen LogP contribution is -2.35. The Morgan fingerprint density at radius 2 is 2.17 bits per heavy atom. The number of esters is 1. The third-order valence-corrected chi connectivity index (χ3v) is 1.62. The zero-order chi connectivity index (χ0) is 9.40. The van der Waals surface area contributed by atoms with Crippen LogP contribution in [0.25, 0.3) is 0 Å². The number of carbonyl (C=O) groups excluding carboxylic acids is 1. The van der Waals surface area contributed by atoms with Crippen molar-refractivity contribution in [3.05, 3.63) is 0 Å². The first-order chi connectivity index (χ1) is 5.72. The molecule has 0 spiro atoms. The Balaban J connectivity index is 3.42. The predicted octanol–water partition coefficient (Wildman–Crippen LogP) is 1.33. The molecule has 0 amide bonds. The number of hydrogen-bond acceptors (Lipinski definition) is 3. The summed E-state index contributed by atoms with van der Waals surface area (Å²) in [6.07, 6.45) is 2.24. The molecule has 1 atom stereocenters. The molecule has 0 fully saturated rings. The second-order valence-corrected chi connectivity index (χ2v) is 2.78. The predicted molar refractivity (Wildman–Crippen MR) is 49.0 cm³/mol. The maximum atomic E-state index is 11.1. The number of carbonyl (C=O) groups is 1. The van der Waals surface area contributed by atoms with Gasteiger partial charge in [-0.05, 0) is 26.8 Å². The lowest BCUT2D eigenvalue weighted by molar-refractivity contribution is -0.145. The standard InChI is InChI=1S/C9H19NO2/c1-4-6-7-10-8(3)9(11)12-5-2/h8,10H,4-7H2,1-3H3/t8-/m0/s1. The first kappa shape index (κ1) is 11.4. The molecule has 0 aliphatic heterocycles. The van der Waals surface area contributed by atoms with Crippen molar-refractivity contribution in [1.29, 1.82) is 0 Å². The van der Waals surface area contributed by atoms with E-state index in [0.717, 1.165) is 19.4 Å². The second-order valence-electron chi connectivity index (χ2n) is 2.78. The molecule has 0 aliphatic rings. The fourth-order valence-electron chi connectivity index (χ4n) is 0.846.